The highest BCUT2D eigenvalue weighted by atomic mass is 16.4. The van der Waals surface area contributed by atoms with E-state index in [0.29, 0.717) is 24.9 Å². The number of aliphatic carboxylic acids is 1. The van der Waals surface area contributed by atoms with Crippen molar-refractivity contribution < 1.29 is 29.4 Å². The molecule has 5 unspecified atom stereocenters. The molecule has 40 heavy (non-hydrogen) atoms. The zero-order chi connectivity index (χ0) is 30.4. The highest BCUT2D eigenvalue weighted by Gasteiger charge is 2.32. The Kier molecular flexibility index (Phi) is 14.5. The number of aliphatic imine (C=N–C) groups is 1. The van der Waals surface area contributed by atoms with Gasteiger partial charge >= 0.3 is 5.97 Å². The number of hydrogen-bond donors (Lipinski definition) is 8. The van der Waals surface area contributed by atoms with Crippen molar-refractivity contribution in [2.45, 2.75) is 84.0 Å². The molecule has 0 bridgehead atoms. The Hall–Kier alpha value is -3.87. The van der Waals surface area contributed by atoms with Crippen LogP contribution in [0.3, 0.4) is 0 Å². The predicted molar refractivity (Wildman–Crippen MR) is 152 cm³/mol. The summed E-state index contributed by atoms with van der Waals surface area (Å²) in [4.78, 5) is 55.1. The highest BCUT2D eigenvalue weighted by molar-refractivity contribution is 5.94. The molecule has 0 heterocycles. The average molecular weight is 564 g/mol. The van der Waals surface area contributed by atoms with Crippen LogP contribution in [0, 0.1) is 11.8 Å². The molecule has 1 rings (SSSR count). The molecule has 13 heteroatoms. The number of nitrogens with zero attached hydrogens (tertiary/aromatic N) is 1. The minimum atomic E-state index is -1.16. The van der Waals surface area contributed by atoms with Gasteiger partial charge in [-0.15, -0.1) is 0 Å². The molecular formula is C27H45N7O6. The second-order valence-electron chi connectivity index (χ2n) is 10.4. The fourth-order valence-corrected chi connectivity index (χ4v) is 3.92. The summed E-state index contributed by atoms with van der Waals surface area (Å²) in [7, 11) is 0. The van der Waals surface area contributed by atoms with Gasteiger partial charge < -0.3 is 43.4 Å². The number of carboxylic acid groups (broad SMARTS) is 1. The van der Waals surface area contributed by atoms with E-state index < -0.39 is 47.9 Å². The Balaban J connectivity index is 3.11. The van der Waals surface area contributed by atoms with Gasteiger partial charge in [0.05, 0.1) is 6.04 Å². The fraction of sp³-hybridized carbons (Fsp3) is 0.593. The van der Waals surface area contributed by atoms with Gasteiger partial charge in [0.1, 0.15) is 23.9 Å². The van der Waals surface area contributed by atoms with Gasteiger partial charge in [0.25, 0.3) is 0 Å². The number of carboxylic acids is 1. The van der Waals surface area contributed by atoms with Crippen LogP contribution < -0.4 is 33.2 Å². The minimum Gasteiger partial charge on any atom is -0.508 e. The van der Waals surface area contributed by atoms with Crippen molar-refractivity contribution in [1.82, 2.24) is 16.0 Å². The van der Waals surface area contributed by atoms with E-state index in [9.17, 15) is 29.4 Å². The molecule has 13 nitrogen and oxygen atoms in total. The van der Waals surface area contributed by atoms with E-state index in [1.54, 1.807) is 19.1 Å². The Labute approximate surface area is 235 Å². The number of nitrogens with two attached hydrogens (primary N) is 3. The van der Waals surface area contributed by atoms with Crippen LogP contribution in [0.4, 0.5) is 0 Å². The van der Waals surface area contributed by atoms with E-state index in [-0.39, 0.29) is 42.8 Å². The topological polar surface area (TPSA) is 235 Å². The number of carbonyl (C=O) groups excluding carboxylic acids is 3. The van der Waals surface area contributed by atoms with Crippen LogP contribution in [-0.4, -0.2) is 70.6 Å². The number of phenols is 1. The number of hydrogen-bond acceptors (Lipinski definition) is 7. The zero-order valence-electron chi connectivity index (χ0n) is 23.7. The number of nitrogens with one attached hydrogen (secondary N) is 3. The maximum Gasteiger partial charge on any atom is 0.326 e. The Morgan fingerprint density at radius 3 is 2.02 bits per heavy atom. The van der Waals surface area contributed by atoms with Crippen LogP contribution in [0.25, 0.3) is 0 Å². The van der Waals surface area contributed by atoms with Gasteiger partial charge in [-0.05, 0) is 48.8 Å². The van der Waals surface area contributed by atoms with Crippen molar-refractivity contribution in [3.8, 4) is 5.75 Å². The van der Waals surface area contributed by atoms with Gasteiger partial charge in [0.2, 0.25) is 17.7 Å². The second-order valence-corrected chi connectivity index (χ2v) is 10.4. The normalized spacial score (nSPS) is 14.8. The molecule has 0 aromatic heterocycles. The van der Waals surface area contributed by atoms with E-state index in [2.05, 4.69) is 20.9 Å². The summed E-state index contributed by atoms with van der Waals surface area (Å²) in [6.45, 7) is 7.57. The molecule has 1 aromatic carbocycles. The quantitative estimate of drug-likeness (QED) is 0.0719. The van der Waals surface area contributed by atoms with Crippen LogP contribution in [0.2, 0.25) is 0 Å². The molecular weight excluding hydrogens is 518 g/mol. The number of guanidine groups is 1. The van der Waals surface area contributed by atoms with Gasteiger partial charge in [-0.25, -0.2) is 4.79 Å². The number of phenolic OH excluding ortho intramolecular Hbond substituents is 1. The smallest absolute Gasteiger partial charge is 0.326 e. The van der Waals surface area contributed by atoms with Crippen LogP contribution in [0.15, 0.2) is 29.3 Å². The minimum absolute atomic E-state index is 0.00768. The van der Waals surface area contributed by atoms with E-state index in [1.165, 1.54) is 12.1 Å². The Bertz CT molecular complexity index is 1010. The summed E-state index contributed by atoms with van der Waals surface area (Å²) >= 11 is 0. The molecule has 0 saturated heterocycles. The van der Waals surface area contributed by atoms with Gasteiger partial charge in [-0.1, -0.05) is 46.2 Å². The number of benzene rings is 1. The predicted octanol–water partition coefficient (Wildman–Crippen LogP) is -0.0532. The third kappa shape index (κ3) is 12.3. The van der Waals surface area contributed by atoms with Crippen molar-refractivity contribution in [3.05, 3.63) is 29.8 Å². The number of aromatic hydroxyl groups is 1. The number of amides is 3. The first-order chi connectivity index (χ1) is 18.7. The lowest BCUT2D eigenvalue weighted by atomic mass is 9.97. The zero-order valence-corrected chi connectivity index (χ0v) is 23.7. The fourth-order valence-electron chi connectivity index (χ4n) is 3.92. The lowest BCUT2D eigenvalue weighted by molar-refractivity contribution is -0.144. The molecule has 0 fully saturated rings. The van der Waals surface area contributed by atoms with Crippen molar-refractivity contribution in [2.24, 2.45) is 34.0 Å². The Morgan fingerprint density at radius 2 is 1.50 bits per heavy atom. The molecule has 0 spiro atoms. The van der Waals surface area contributed by atoms with Gasteiger partial charge in [0, 0.05) is 13.0 Å². The van der Waals surface area contributed by atoms with E-state index in [4.69, 9.17) is 17.2 Å². The molecule has 0 aliphatic heterocycles. The summed E-state index contributed by atoms with van der Waals surface area (Å²) < 4.78 is 0. The first-order valence-electron chi connectivity index (χ1n) is 13.5. The van der Waals surface area contributed by atoms with E-state index in [1.807, 2.05) is 20.8 Å². The van der Waals surface area contributed by atoms with Crippen LogP contribution >= 0.6 is 0 Å². The summed E-state index contributed by atoms with van der Waals surface area (Å²) in [5, 5.41) is 27.1. The number of carbonyl (C=O) groups is 4. The lowest BCUT2D eigenvalue weighted by Crippen LogP contribution is -2.58. The summed E-state index contributed by atoms with van der Waals surface area (Å²) in [6, 6.07) is 1.94. The molecule has 224 valence electrons. The monoisotopic (exact) mass is 563 g/mol. The van der Waals surface area contributed by atoms with E-state index in [0.717, 1.165) is 0 Å². The molecule has 11 N–H and O–H groups in total. The van der Waals surface area contributed by atoms with Crippen molar-refractivity contribution in [1.29, 1.82) is 0 Å². The highest BCUT2D eigenvalue weighted by Crippen LogP contribution is 2.14. The van der Waals surface area contributed by atoms with Crippen molar-refractivity contribution in [2.75, 3.05) is 6.54 Å². The molecule has 0 aliphatic rings. The lowest BCUT2D eigenvalue weighted by Gasteiger charge is -2.27. The second kappa shape index (κ2) is 17.0. The van der Waals surface area contributed by atoms with E-state index >= 15 is 0 Å². The third-order valence-corrected chi connectivity index (χ3v) is 6.43. The van der Waals surface area contributed by atoms with Gasteiger partial charge in [-0.2, -0.15) is 0 Å². The molecule has 0 aliphatic carbocycles. The van der Waals surface area contributed by atoms with Crippen LogP contribution in [0.5, 0.6) is 5.75 Å². The first-order valence-corrected chi connectivity index (χ1v) is 13.5. The van der Waals surface area contributed by atoms with Crippen molar-refractivity contribution >= 4 is 29.7 Å². The third-order valence-electron chi connectivity index (χ3n) is 6.43. The first kappa shape index (κ1) is 34.2. The molecule has 3 amide bonds. The van der Waals surface area contributed by atoms with Gasteiger partial charge in [-0.3, -0.25) is 19.4 Å². The molecule has 0 radical (unpaired) electrons. The maximum atomic E-state index is 13.5. The summed E-state index contributed by atoms with van der Waals surface area (Å²) in [6.07, 6.45) is 1.54. The number of rotatable bonds is 17. The summed E-state index contributed by atoms with van der Waals surface area (Å²) in [5.41, 5.74) is 17.3. The SMILES string of the molecule is CCC(C)C(NC(=O)C(CC(C)C)NC(=O)C(Cc1ccc(O)cc1)NC(=O)C(N)CCCN=C(N)N)C(=O)O. The standard InChI is InChI=1S/C27H45N7O6/c1-5-16(4)22(26(39)40)34-25(38)20(13-15(2)3)33-24(37)21(14-17-8-10-18(35)11-9-17)32-23(36)19(28)7-6-12-31-27(29)30/h8-11,15-16,19-22,35H,5-7,12-14,28H2,1-4H3,(H,32,36)(H,33,37)(H,34,38)(H,39,40)(H4,29,30,31). The molecule has 1 aromatic rings. The van der Waals surface area contributed by atoms with Gasteiger partial charge in [0.15, 0.2) is 5.96 Å². The summed E-state index contributed by atoms with van der Waals surface area (Å²) in [5.74, 6) is -3.35. The molecule has 0 saturated carbocycles. The largest absolute Gasteiger partial charge is 0.508 e. The Morgan fingerprint density at radius 1 is 0.925 bits per heavy atom. The maximum absolute atomic E-state index is 13.5. The molecule has 5 atom stereocenters. The van der Waals surface area contributed by atoms with Crippen LogP contribution in [-0.2, 0) is 25.6 Å². The average Bonchev–Trinajstić information content (AvgIpc) is 2.88. The van der Waals surface area contributed by atoms with Crippen LogP contribution in [0.1, 0.15) is 58.9 Å². The van der Waals surface area contributed by atoms with Crippen molar-refractivity contribution in [3.63, 3.8) is 0 Å².